The van der Waals surface area contributed by atoms with Crippen molar-refractivity contribution in [1.82, 2.24) is 0 Å². The molecule has 1 aromatic rings. The maximum absolute atomic E-state index is 12.2. The lowest BCUT2D eigenvalue weighted by Gasteiger charge is -2.17. The number of ether oxygens (including phenoxy) is 2. The second kappa shape index (κ2) is 5.34. The molecule has 0 unspecified atom stereocenters. The smallest absolute Gasteiger partial charge is 0.364 e. The zero-order chi connectivity index (χ0) is 12.2. The first-order valence-electron chi connectivity index (χ1n) is 4.55. The molecule has 0 aliphatic rings. The van der Waals surface area contributed by atoms with Gasteiger partial charge >= 0.3 is 7.60 Å². The summed E-state index contributed by atoms with van der Waals surface area (Å²) in [5.74, 6) is 1.02. The molecular formula is C10H15O5P. The third-order valence-corrected chi connectivity index (χ3v) is 4.08. The Morgan fingerprint density at radius 2 is 1.62 bits per heavy atom. The van der Waals surface area contributed by atoms with E-state index in [0.29, 0.717) is 16.8 Å². The van der Waals surface area contributed by atoms with Crippen LogP contribution < -0.4 is 14.8 Å². The second-order valence-electron chi connectivity index (χ2n) is 2.90. The van der Waals surface area contributed by atoms with E-state index >= 15 is 0 Å². The lowest BCUT2D eigenvalue weighted by atomic mass is 10.3. The van der Waals surface area contributed by atoms with Gasteiger partial charge in [-0.05, 0) is 12.1 Å². The van der Waals surface area contributed by atoms with Crippen LogP contribution in [0.2, 0.25) is 0 Å². The molecule has 0 amide bonds. The van der Waals surface area contributed by atoms with E-state index in [1.807, 2.05) is 0 Å². The predicted molar refractivity (Wildman–Crippen MR) is 60.8 cm³/mol. The minimum atomic E-state index is -3.30. The molecular weight excluding hydrogens is 231 g/mol. The second-order valence-corrected chi connectivity index (χ2v) is 5.11. The summed E-state index contributed by atoms with van der Waals surface area (Å²) in [7, 11) is 2.38. The number of hydrogen-bond acceptors (Lipinski definition) is 5. The summed E-state index contributed by atoms with van der Waals surface area (Å²) < 4.78 is 32.1. The number of benzene rings is 1. The molecule has 0 atom stereocenters. The third-order valence-electron chi connectivity index (χ3n) is 2.16. The van der Waals surface area contributed by atoms with Crippen LogP contribution in [0.15, 0.2) is 18.2 Å². The fourth-order valence-corrected chi connectivity index (χ4v) is 2.51. The van der Waals surface area contributed by atoms with Crippen molar-refractivity contribution >= 4 is 12.9 Å². The minimum absolute atomic E-state index is 0.376. The monoisotopic (exact) mass is 246 g/mol. The van der Waals surface area contributed by atoms with Gasteiger partial charge in [-0.2, -0.15) is 0 Å². The maximum Gasteiger partial charge on any atom is 0.364 e. The first-order chi connectivity index (χ1) is 7.61. The number of rotatable bonds is 5. The van der Waals surface area contributed by atoms with Crippen LogP contribution in [0.1, 0.15) is 0 Å². The molecule has 16 heavy (non-hydrogen) atoms. The molecule has 1 rings (SSSR count). The Labute approximate surface area is 94.8 Å². The van der Waals surface area contributed by atoms with Gasteiger partial charge in [-0.3, -0.25) is 4.57 Å². The molecule has 0 spiro atoms. The van der Waals surface area contributed by atoms with E-state index in [2.05, 4.69) is 0 Å². The predicted octanol–water partition coefficient (Wildman–Crippen LogP) is 1.81. The summed E-state index contributed by atoms with van der Waals surface area (Å²) in [6.45, 7) is 0. The molecule has 6 heteroatoms. The first-order valence-corrected chi connectivity index (χ1v) is 6.09. The number of hydrogen-bond donors (Lipinski definition) is 0. The van der Waals surface area contributed by atoms with Crippen molar-refractivity contribution in [2.24, 2.45) is 0 Å². The van der Waals surface area contributed by atoms with Crippen molar-refractivity contribution in [3.05, 3.63) is 18.2 Å². The van der Waals surface area contributed by atoms with Gasteiger partial charge in [-0.15, -0.1) is 0 Å². The molecule has 90 valence electrons. The Morgan fingerprint density at radius 1 is 1.00 bits per heavy atom. The zero-order valence-electron chi connectivity index (χ0n) is 9.72. The summed E-state index contributed by atoms with van der Waals surface area (Å²) in [6, 6.07) is 4.90. The molecule has 0 aliphatic carbocycles. The van der Waals surface area contributed by atoms with Crippen LogP contribution in [-0.2, 0) is 13.6 Å². The molecule has 0 radical (unpaired) electrons. The van der Waals surface area contributed by atoms with Crippen LogP contribution in [0.4, 0.5) is 0 Å². The van der Waals surface area contributed by atoms with E-state index in [1.165, 1.54) is 21.3 Å². The van der Waals surface area contributed by atoms with Gasteiger partial charge in [0.2, 0.25) is 0 Å². The van der Waals surface area contributed by atoms with Crippen LogP contribution in [-0.4, -0.2) is 28.4 Å². The van der Waals surface area contributed by atoms with Crippen LogP contribution in [0, 0.1) is 0 Å². The lowest BCUT2D eigenvalue weighted by Crippen LogP contribution is -2.11. The maximum atomic E-state index is 12.2. The zero-order valence-corrected chi connectivity index (χ0v) is 10.6. The van der Waals surface area contributed by atoms with Crippen molar-refractivity contribution in [1.29, 1.82) is 0 Å². The molecule has 0 saturated carbocycles. The van der Waals surface area contributed by atoms with Crippen molar-refractivity contribution in [3.8, 4) is 11.5 Å². The summed E-state index contributed by atoms with van der Waals surface area (Å²) >= 11 is 0. The number of methoxy groups -OCH3 is 2. The van der Waals surface area contributed by atoms with Crippen molar-refractivity contribution in [2.45, 2.75) is 0 Å². The highest BCUT2D eigenvalue weighted by atomic mass is 31.2. The summed E-state index contributed by atoms with van der Waals surface area (Å²) in [4.78, 5) is 0. The quantitative estimate of drug-likeness (QED) is 0.742. The minimum Gasteiger partial charge on any atom is -0.497 e. The Hall–Kier alpha value is -1.03. The highest BCUT2D eigenvalue weighted by Crippen LogP contribution is 2.48. The molecule has 0 N–H and O–H groups in total. The van der Waals surface area contributed by atoms with Gasteiger partial charge in [0.05, 0.1) is 14.2 Å². The van der Waals surface area contributed by atoms with Crippen molar-refractivity contribution < 1.29 is 23.1 Å². The Balaban J connectivity index is 3.28. The Kier molecular flexibility index (Phi) is 4.35. The summed E-state index contributed by atoms with van der Waals surface area (Å²) in [5.41, 5.74) is 0. The lowest BCUT2D eigenvalue weighted by molar-refractivity contribution is 0.286. The molecule has 5 nitrogen and oxygen atoms in total. The third kappa shape index (κ3) is 2.38. The summed E-state index contributed by atoms with van der Waals surface area (Å²) in [6.07, 6.45) is 0. The fourth-order valence-electron chi connectivity index (χ4n) is 1.28. The highest BCUT2D eigenvalue weighted by molar-refractivity contribution is 7.62. The van der Waals surface area contributed by atoms with Crippen LogP contribution in [0.25, 0.3) is 0 Å². The van der Waals surface area contributed by atoms with Gasteiger partial charge in [0.1, 0.15) is 16.8 Å². The van der Waals surface area contributed by atoms with Gasteiger partial charge in [-0.1, -0.05) is 0 Å². The Bertz CT molecular complexity index is 396. The van der Waals surface area contributed by atoms with Crippen LogP contribution in [0.5, 0.6) is 11.5 Å². The topological polar surface area (TPSA) is 54.0 Å². The van der Waals surface area contributed by atoms with Gasteiger partial charge in [0, 0.05) is 20.3 Å². The van der Waals surface area contributed by atoms with E-state index in [4.69, 9.17) is 18.5 Å². The molecule has 0 aromatic heterocycles. The van der Waals surface area contributed by atoms with E-state index in [9.17, 15) is 4.57 Å². The van der Waals surface area contributed by atoms with Gasteiger partial charge < -0.3 is 18.5 Å². The molecule has 0 saturated heterocycles. The standard InChI is InChI=1S/C10H15O5P/c1-12-8-5-6-10(9(7-8)13-2)16(11,14-3)15-4/h5-7H,1-4H3. The molecule has 1 aromatic carbocycles. The highest BCUT2D eigenvalue weighted by Gasteiger charge is 2.28. The first kappa shape index (κ1) is 13.0. The van der Waals surface area contributed by atoms with E-state index in [1.54, 1.807) is 25.3 Å². The van der Waals surface area contributed by atoms with Gasteiger partial charge in [0.25, 0.3) is 0 Å². The van der Waals surface area contributed by atoms with E-state index in [-0.39, 0.29) is 0 Å². The molecule has 0 fully saturated rings. The van der Waals surface area contributed by atoms with Crippen LogP contribution in [0.3, 0.4) is 0 Å². The van der Waals surface area contributed by atoms with E-state index in [0.717, 1.165) is 0 Å². The van der Waals surface area contributed by atoms with Gasteiger partial charge in [-0.25, -0.2) is 0 Å². The van der Waals surface area contributed by atoms with Crippen LogP contribution >= 0.6 is 7.60 Å². The average molecular weight is 246 g/mol. The summed E-state index contributed by atoms with van der Waals surface area (Å²) in [5, 5.41) is 0.376. The molecule has 0 aliphatic heterocycles. The van der Waals surface area contributed by atoms with Crippen molar-refractivity contribution in [2.75, 3.05) is 28.4 Å². The van der Waals surface area contributed by atoms with E-state index < -0.39 is 7.60 Å². The average Bonchev–Trinajstić information content (AvgIpc) is 2.37. The van der Waals surface area contributed by atoms with Gasteiger partial charge in [0.15, 0.2) is 0 Å². The Morgan fingerprint density at radius 3 is 2.06 bits per heavy atom. The normalized spacial score (nSPS) is 11.2. The van der Waals surface area contributed by atoms with Crippen molar-refractivity contribution in [3.63, 3.8) is 0 Å². The SMILES string of the molecule is COc1ccc(P(=O)(OC)OC)c(OC)c1. The largest absolute Gasteiger partial charge is 0.497 e. The fraction of sp³-hybridized carbons (Fsp3) is 0.400. The molecule has 0 heterocycles. The molecule has 0 bridgehead atoms.